The van der Waals surface area contributed by atoms with E-state index in [9.17, 15) is 0 Å². The molecule has 1 aliphatic rings. The fraction of sp³-hybridized carbons (Fsp3) is 0.615. The molecule has 4 heteroatoms. The molecule has 0 saturated heterocycles. The van der Waals surface area contributed by atoms with Crippen LogP contribution >= 0.6 is 0 Å². The van der Waals surface area contributed by atoms with E-state index in [1.165, 1.54) is 32.1 Å². The third kappa shape index (κ3) is 2.94. The monoisotopic (exact) mass is 230 g/mol. The summed E-state index contributed by atoms with van der Waals surface area (Å²) in [6.07, 6.45) is 9.72. The van der Waals surface area contributed by atoms with Crippen LogP contribution in [0.3, 0.4) is 0 Å². The van der Waals surface area contributed by atoms with Crippen molar-refractivity contribution in [3.63, 3.8) is 0 Å². The number of nitrogens with one attached hydrogen (secondary N) is 1. The van der Waals surface area contributed by atoms with Crippen LogP contribution in [0.15, 0.2) is 12.4 Å². The molecule has 1 unspecified atom stereocenters. The zero-order valence-electron chi connectivity index (χ0n) is 10.2. The Labute approximate surface area is 102 Å². The zero-order valence-corrected chi connectivity index (χ0v) is 10.2. The van der Waals surface area contributed by atoms with Gasteiger partial charge in [0.2, 0.25) is 0 Å². The Hall–Kier alpha value is -1.63. The van der Waals surface area contributed by atoms with Gasteiger partial charge in [-0.05, 0) is 25.7 Å². The minimum atomic E-state index is 0.360. The van der Waals surface area contributed by atoms with E-state index in [0.29, 0.717) is 23.5 Å². The molecule has 90 valence electrons. The molecule has 1 aliphatic carbocycles. The fourth-order valence-corrected chi connectivity index (χ4v) is 2.49. The third-order valence-electron chi connectivity index (χ3n) is 3.53. The summed E-state index contributed by atoms with van der Waals surface area (Å²) in [7, 11) is 0. The van der Waals surface area contributed by atoms with Gasteiger partial charge in [-0.3, -0.25) is 0 Å². The normalized spacial score (nSPS) is 18.4. The largest absolute Gasteiger partial charge is 0.365 e. The Morgan fingerprint density at radius 2 is 2.00 bits per heavy atom. The van der Waals surface area contributed by atoms with E-state index in [2.05, 4.69) is 28.3 Å². The minimum Gasteiger partial charge on any atom is -0.365 e. The highest BCUT2D eigenvalue weighted by atomic mass is 15.0. The minimum absolute atomic E-state index is 0.360. The molecule has 17 heavy (non-hydrogen) atoms. The molecule has 0 aliphatic heterocycles. The van der Waals surface area contributed by atoms with Gasteiger partial charge in [0, 0.05) is 18.4 Å². The highest BCUT2D eigenvalue weighted by Crippen LogP contribution is 2.27. The molecule has 1 aromatic heterocycles. The predicted octanol–water partition coefficient (Wildman–Crippen LogP) is 2.73. The van der Waals surface area contributed by atoms with Crippen LogP contribution in [0.4, 0.5) is 5.82 Å². The van der Waals surface area contributed by atoms with Crippen LogP contribution in [0.1, 0.15) is 44.7 Å². The van der Waals surface area contributed by atoms with Crippen molar-refractivity contribution in [3.8, 4) is 6.07 Å². The van der Waals surface area contributed by atoms with Crippen LogP contribution in [-0.4, -0.2) is 16.0 Å². The summed E-state index contributed by atoms with van der Waals surface area (Å²) < 4.78 is 0. The molecule has 0 spiro atoms. The summed E-state index contributed by atoms with van der Waals surface area (Å²) in [5, 5.41) is 12.3. The summed E-state index contributed by atoms with van der Waals surface area (Å²) in [6, 6.07) is 2.43. The number of anilines is 1. The lowest BCUT2D eigenvalue weighted by atomic mass is 9.84. The van der Waals surface area contributed by atoms with Gasteiger partial charge in [-0.15, -0.1) is 0 Å². The lowest BCUT2D eigenvalue weighted by Crippen LogP contribution is -2.28. The van der Waals surface area contributed by atoms with Crippen LogP contribution in [0.2, 0.25) is 0 Å². The average Bonchev–Trinajstić information content (AvgIpc) is 2.40. The molecule has 1 N–H and O–H groups in total. The van der Waals surface area contributed by atoms with E-state index >= 15 is 0 Å². The zero-order chi connectivity index (χ0) is 12.1. The molecule has 0 bridgehead atoms. The Kier molecular flexibility index (Phi) is 3.92. The quantitative estimate of drug-likeness (QED) is 0.867. The van der Waals surface area contributed by atoms with Crippen molar-refractivity contribution in [1.29, 1.82) is 5.26 Å². The Bertz CT molecular complexity index is 404. The first-order valence-corrected chi connectivity index (χ1v) is 6.29. The number of nitriles is 1. The predicted molar refractivity (Wildman–Crippen MR) is 66.4 cm³/mol. The van der Waals surface area contributed by atoms with Crippen LogP contribution in [0.5, 0.6) is 0 Å². The molecule has 2 rings (SSSR count). The van der Waals surface area contributed by atoms with E-state index in [-0.39, 0.29) is 0 Å². The van der Waals surface area contributed by atoms with Crippen molar-refractivity contribution >= 4 is 5.82 Å². The van der Waals surface area contributed by atoms with Gasteiger partial charge in [0.15, 0.2) is 11.5 Å². The van der Waals surface area contributed by atoms with Crippen molar-refractivity contribution in [3.05, 3.63) is 18.1 Å². The van der Waals surface area contributed by atoms with Crippen LogP contribution in [0, 0.1) is 17.2 Å². The van der Waals surface area contributed by atoms with E-state index < -0.39 is 0 Å². The van der Waals surface area contributed by atoms with E-state index in [4.69, 9.17) is 5.26 Å². The number of hydrogen-bond acceptors (Lipinski definition) is 4. The maximum atomic E-state index is 8.95. The topological polar surface area (TPSA) is 61.6 Å². The summed E-state index contributed by atoms with van der Waals surface area (Å²) in [5.74, 6) is 1.31. The van der Waals surface area contributed by atoms with Crippen molar-refractivity contribution in [1.82, 2.24) is 9.97 Å². The maximum absolute atomic E-state index is 8.95. The fourth-order valence-electron chi connectivity index (χ4n) is 2.49. The van der Waals surface area contributed by atoms with Crippen molar-refractivity contribution < 1.29 is 0 Å². The first-order valence-electron chi connectivity index (χ1n) is 6.29. The summed E-state index contributed by atoms with van der Waals surface area (Å²) in [4.78, 5) is 8.20. The van der Waals surface area contributed by atoms with Crippen molar-refractivity contribution in [2.24, 2.45) is 5.92 Å². The van der Waals surface area contributed by atoms with Crippen LogP contribution in [-0.2, 0) is 0 Å². The molecule has 1 heterocycles. The molecule has 0 radical (unpaired) electrons. The second-order valence-electron chi connectivity index (χ2n) is 4.70. The smallest absolute Gasteiger partial charge is 0.182 e. The van der Waals surface area contributed by atoms with Gasteiger partial charge in [0.25, 0.3) is 0 Å². The SMILES string of the molecule is CC(Nc1nccnc1C#N)C1CCCCC1. The number of aromatic nitrogens is 2. The first kappa shape index (κ1) is 11.8. The Morgan fingerprint density at radius 1 is 1.29 bits per heavy atom. The molecule has 1 saturated carbocycles. The first-order chi connectivity index (χ1) is 8.31. The second kappa shape index (κ2) is 5.62. The molecule has 1 fully saturated rings. The highest BCUT2D eigenvalue weighted by molar-refractivity contribution is 5.47. The van der Waals surface area contributed by atoms with E-state index in [1.54, 1.807) is 12.4 Å². The molecular weight excluding hydrogens is 212 g/mol. The van der Waals surface area contributed by atoms with Gasteiger partial charge >= 0.3 is 0 Å². The maximum Gasteiger partial charge on any atom is 0.182 e. The molecule has 0 amide bonds. The van der Waals surface area contributed by atoms with Gasteiger partial charge in [-0.2, -0.15) is 5.26 Å². The number of nitrogens with zero attached hydrogens (tertiary/aromatic N) is 3. The summed E-state index contributed by atoms with van der Waals surface area (Å²) >= 11 is 0. The molecule has 4 nitrogen and oxygen atoms in total. The highest BCUT2D eigenvalue weighted by Gasteiger charge is 2.21. The van der Waals surface area contributed by atoms with E-state index in [1.807, 2.05) is 0 Å². The molecular formula is C13H18N4. The van der Waals surface area contributed by atoms with Gasteiger partial charge in [0.1, 0.15) is 6.07 Å². The van der Waals surface area contributed by atoms with Crippen molar-refractivity contribution in [2.75, 3.05) is 5.32 Å². The Morgan fingerprint density at radius 3 is 2.71 bits per heavy atom. The summed E-state index contributed by atoms with van der Waals surface area (Å²) in [6.45, 7) is 2.17. The van der Waals surface area contributed by atoms with Gasteiger partial charge in [0.05, 0.1) is 0 Å². The summed E-state index contributed by atoms with van der Waals surface area (Å²) in [5.41, 5.74) is 0.384. The average molecular weight is 230 g/mol. The van der Waals surface area contributed by atoms with E-state index in [0.717, 1.165) is 0 Å². The number of hydrogen-bond donors (Lipinski definition) is 1. The van der Waals surface area contributed by atoms with Crippen LogP contribution < -0.4 is 5.32 Å². The molecule has 1 aromatic rings. The lowest BCUT2D eigenvalue weighted by Gasteiger charge is -2.28. The van der Waals surface area contributed by atoms with Crippen molar-refractivity contribution in [2.45, 2.75) is 45.1 Å². The number of rotatable bonds is 3. The third-order valence-corrected chi connectivity index (χ3v) is 3.53. The standard InChI is InChI=1S/C13H18N4/c1-10(11-5-3-2-4-6-11)17-13-12(9-14)15-7-8-16-13/h7-8,10-11H,2-6H2,1H3,(H,16,17). The van der Waals surface area contributed by atoms with Gasteiger partial charge in [-0.1, -0.05) is 19.3 Å². The van der Waals surface area contributed by atoms with Gasteiger partial charge < -0.3 is 5.32 Å². The Balaban J connectivity index is 2.02. The molecule has 1 atom stereocenters. The van der Waals surface area contributed by atoms with Crippen LogP contribution in [0.25, 0.3) is 0 Å². The lowest BCUT2D eigenvalue weighted by molar-refractivity contribution is 0.328. The second-order valence-corrected chi connectivity index (χ2v) is 4.70. The van der Waals surface area contributed by atoms with Gasteiger partial charge in [-0.25, -0.2) is 9.97 Å². The molecule has 0 aromatic carbocycles.